The number of hydrogen-bond acceptors (Lipinski definition) is 3. The van der Waals surface area contributed by atoms with Crippen molar-refractivity contribution in [3.8, 4) is 5.75 Å². The lowest BCUT2D eigenvalue weighted by Gasteiger charge is -2.41. The normalized spacial score (nSPS) is 26.5. The molecule has 4 heteroatoms. The minimum absolute atomic E-state index is 0.221. The van der Waals surface area contributed by atoms with E-state index in [4.69, 9.17) is 9.47 Å². The summed E-state index contributed by atoms with van der Waals surface area (Å²) in [5.41, 5.74) is 0.604. The van der Waals surface area contributed by atoms with Crippen LogP contribution in [0.15, 0.2) is 24.3 Å². The lowest BCUT2D eigenvalue weighted by atomic mass is 9.82. The monoisotopic (exact) mass is 332 g/mol. The van der Waals surface area contributed by atoms with E-state index in [-0.39, 0.29) is 5.97 Å². The lowest BCUT2D eigenvalue weighted by molar-refractivity contribution is -0.940. The molecule has 3 atom stereocenters. The van der Waals surface area contributed by atoms with Gasteiger partial charge in [0.2, 0.25) is 0 Å². The van der Waals surface area contributed by atoms with Crippen molar-refractivity contribution in [3.63, 3.8) is 0 Å². The van der Waals surface area contributed by atoms with E-state index < -0.39 is 0 Å². The van der Waals surface area contributed by atoms with Gasteiger partial charge in [-0.2, -0.15) is 0 Å². The summed E-state index contributed by atoms with van der Waals surface area (Å²) in [6, 6.07) is 8.01. The van der Waals surface area contributed by atoms with E-state index in [2.05, 4.69) is 0 Å². The third-order valence-corrected chi connectivity index (χ3v) is 5.55. The van der Waals surface area contributed by atoms with Crippen molar-refractivity contribution in [1.29, 1.82) is 0 Å². The third-order valence-electron chi connectivity index (χ3n) is 5.55. The van der Waals surface area contributed by atoms with Crippen LogP contribution in [-0.4, -0.2) is 38.3 Å². The highest BCUT2D eigenvalue weighted by atomic mass is 16.5. The van der Waals surface area contributed by atoms with Gasteiger partial charge in [0.25, 0.3) is 0 Å². The van der Waals surface area contributed by atoms with Crippen LogP contribution in [0.2, 0.25) is 0 Å². The Bertz CT molecular complexity index is 526. The molecule has 0 spiro atoms. The van der Waals surface area contributed by atoms with Crippen molar-refractivity contribution in [3.05, 3.63) is 29.8 Å². The number of quaternary nitrogens is 1. The quantitative estimate of drug-likeness (QED) is 0.814. The highest BCUT2D eigenvalue weighted by Crippen LogP contribution is 2.23. The zero-order chi connectivity index (χ0) is 16.8. The van der Waals surface area contributed by atoms with Crippen molar-refractivity contribution < 1.29 is 19.2 Å². The van der Waals surface area contributed by atoms with Crippen LogP contribution in [0.3, 0.4) is 0 Å². The molecule has 2 fully saturated rings. The van der Waals surface area contributed by atoms with E-state index in [1.807, 2.05) is 19.1 Å². The van der Waals surface area contributed by atoms with Crippen molar-refractivity contribution in [2.45, 2.75) is 51.5 Å². The number of carbonyl (C=O) groups is 1. The van der Waals surface area contributed by atoms with Gasteiger partial charge in [0.15, 0.2) is 0 Å². The lowest BCUT2D eigenvalue weighted by Crippen LogP contribution is -3.18. The summed E-state index contributed by atoms with van der Waals surface area (Å²) < 4.78 is 10.9. The number of nitrogens with one attached hydrogen (secondary N) is 1. The van der Waals surface area contributed by atoms with E-state index in [1.165, 1.54) is 45.2 Å². The fourth-order valence-corrected chi connectivity index (χ4v) is 4.36. The number of carbonyl (C=O) groups excluding carboxylic acids is 1. The van der Waals surface area contributed by atoms with E-state index in [0.717, 1.165) is 24.1 Å². The molecule has 4 nitrogen and oxygen atoms in total. The Morgan fingerprint density at radius 3 is 2.71 bits per heavy atom. The van der Waals surface area contributed by atoms with Gasteiger partial charge in [0.05, 0.1) is 37.9 Å². The minimum atomic E-state index is -0.221. The van der Waals surface area contributed by atoms with Crippen LogP contribution in [0.25, 0.3) is 0 Å². The molecule has 3 rings (SSSR count). The Labute approximate surface area is 145 Å². The molecule has 2 saturated heterocycles. The second kappa shape index (κ2) is 8.52. The van der Waals surface area contributed by atoms with Crippen LogP contribution in [0.4, 0.5) is 0 Å². The summed E-state index contributed by atoms with van der Waals surface area (Å²) in [5.74, 6) is 1.29. The van der Waals surface area contributed by atoms with Crippen molar-refractivity contribution >= 4 is 5.97 Å². The summed E-state index contributed by atoms with van der Waals surface area (Å²) >= 11 is 0. The second-order valence-corrected chi connectivity index (χ2v) is 7.04. The summed E-state index contributed by atoms with van der Waals surface area (Å²) in [6.07, 6.45) is 7.74. The largest absolute Gasteiger partial charge is 0.494 e. The van der Waals surface area contributed by atoms with E-state index >= 15 is 0 Å². The average Bonchev–Trinajstić information content (AvgIpc) is 2.63. The van der Waals surface area contributed by atoms with Gasteiger partial charge in [-0.05, 0) is 69.7 Å². The van der Waals surface area contributed by atoms with Gasteiger partial charge in [-0.15, -0.1) is 0 Å². The molecule has 1 aromatic carbocycles. The summed E-state index contributed by atoms with van der Waals surface area (Å²) in [5, 5.41) is 0. The van der Waals surface area contributed by atoms with Crippen LogP contribution in [0.5, 0.6) is 5.75 Å². The molecule has 1 unspecified atom stereocenters. The number of benzene rings is 1. The van der Waals surface area contributed by atoms with Crippen LogP contribution in [-0.2, 0) is 4.74 Å². The maximum Gasteiger partial charge on any atom is 0.338 e. The van der Waals surface area contributed by atoms with Gasteiger partial charge in [-0.25, -0.2) is 4.79 Å². The molecule has 1 N–H and O–H groups in total. The molecule has 2 aliphatic rings. The molecule has 24 heavy (non-hydrogen) atoms. The van der Waals surface area contributed by atoms with Gasteiger partial charge in [0.1, 0.15) is 5.75 Å². The Morgan fingerprint density at radius 2 is 1.92 bits per heavy atom. The number of rotatable bonds is 6. The van der Waals surface area contributed by atoms with E-state index in [1.54, 1.807) is 17.0 Å². The summed E-state index contributed by atoms with van der Waals surface area (Å²) in [4.78, 5) is 14.0. The van der Waals surface area contributed by atoms with Crippen LogP contribution >= 0.6 is 0 Å². The van der Waals surface area contributed by atoms with E-state index in [0.29, 0.717) is 18.8 Å². The maximum absolute atomic E-state index is 12.2. The Morgan fingerprint density at radius 1 is 1.12 bits per heavy atom. The molecule has 0 aliphatic carbocycles. The highest BCUT2D eigenvalue weighted by Gasteiger charge is 2.36. The first-order valence-electron chi connectivity index (χ1n) is 9.52. The Hall–Kier alpha value is -1.55. The average molecular weight is 332 g/mol. The fourth-order valence-electron chi connectivity index (χ4n) is 4.36. The third kappa shape index (κ3) is 4.29. The second-order valence-electron chi connectivity index (χ2n) is 7.04. The van der Waals surface area contributed by atoms with Gasteiger partial charge in [-0.1, -0.05) is 0 Å². The first-order chi connectivity index (χ1) is 11.8. The number of ether oxygens (including phenoxy) is 2. The summed E-state index contributed by atoms with van der Waals surface area (Å²) in [6.45, 7) is 5.80. The van der Waals surface area contributed by atoms with Crippen LogP contribution < -0.4 is 9.64 Å². The Balaban J connectivity index is 1.46. The number of esters is 1. The molecule has 0 bridgehead atoms. The zero-order valence-corrected chi connectivity index (χ0v) is 14.8. The summed E-state index contributed by atoms with van der Waals surface area (Å²) in [7, 11) is 0. The van der Waals surface area contributed by atoms with Gasteiger partial charge in [0, 0.05) is 5.92 Å². The van der Waals surface area contributed by atoms with Gasteiger partial charge < -0.3 is 14.4 Å². The first-order valence-corrected chi connectivity index (χ1v) is 9.52. The first kappa shape index (κ1) is 17.3. The molecular formula is C20H30NO3+. The topological polar surface area (TPSA) is 40.0 Å². The number of fused-ring (bicyclic) bond motifs is 1. The van der Waals surface area contributed by atoms with Crippen molar-refractivity contribution in [2.24, 2.45) is 5.92 Å². The SMILES string of the molecule is CCOc1ccc(C(=O)OCC[C@H]2CCC[NH+]3CCCC[C@@H]23)cc1. The zero-order valence-electron chi connectivity index (χ0n) is 14.8. The molecule has 0 radical (unpaired) electrons. The van der Waals surface area contributed by atoms with Crippen LogP contribution in [0, 0.1) is 5.92 Å². The molecule has 0 saturated carbocycles. The molecule has 2 heterocycles. The molecule has 1 aromatic rings. The molecule has 132 valence electrons. The van der Waals surface area contributed by atoms with Gasteiger partial charge in [-0.3, -0.25) is 0 Å². The Kier molecular flexibility index (Phi) is 6.13. The van der Waals surface area contributed by atoms with Crippen molar-refractivity contribution in [1.82, 2.24) is 0 Å². The highest BCUT2D eigenvalue weighted by molar-refractivity contribution is 5.89. The molecule has 0 aromatic heterocycles. The van der Waals surface area contributed by atoms with Crippen molar-refractivity contribution in [2.75, 3.05) is 26.3 Å². The minimum Gasteiger partial charge on any atom is -0.494 e. The number of hydrogen-bond donors (Lipinski definition) is 1. The maximum atomic E-state index is 12.2. The fraction of sp³-hybridized carbons (Fsp3) is 0.650. The molecule has 2 aliphatic heterocycles. The standard InChI is InChI=1S/C20H29NO3/c1-2-23-18-10-8-17(9-11-18)20(22)24-15-12-16-6-5-14-21-13-4-3-7-19(16)21/h8-11,16,19H,2-7,12-15H2,1H3/p+1/t16-,19+/m1/s1. The van der Waals surface area contributed by atoms with Crippen LogP contribution in [0.1, 0.15) is 55.8 Å². The van der Waals surface area contributed by atoms with Gasteiger partial charge >= 0.3 is 5.97 Å². The smallest absolute Gasteiger partial charge is 0.338 e. The molecule has 0 amide bonds. The van der Waals surface area contributed by atoms with E-state index in [9.17, 15) is 4.79 Å². The predicted molar refractivity (Wildman–Crippen MR) is 93.6 cm³/mol. The number of piperidine rings is 2. The molecular weight excluding hydrogens is 302 g/mol. The predicted octanol–water partition coefficient (Wildman–Crippen LogP) is 2.48.